The van der Waals surface area contributed by atoms with Gasteiger partial charge in [0.2, 0.25) is 0 Å². The molecule has 0 saturated carbocycles. The van der Waals surface area contributed by atoms with E-state index in [1.54, 1.807) is 7.11 Å². The molecule has 13 heavy (non-hydrogen) atoms. The molecular weight excluding hydrogens is 170 g/mol. The Balaban J connectivity index is 2.26. The van der Waals surface area contributed by atoms with E-state index in [4.69, 9.17) is 18.6 Å². The zero-order chi connectivity index (χ0) is 9.52. The van der Waals surface area contributed by atoms with Gasteiger partial charge in [-0.1, -0.05) is 6.92 Å². The van der Waals surface area contributed by atoms with Crippen molar-refractivity contribution in [1.29, 1.82) is 0 Å². The lowest BCUT2D eigenvalue weighted by atomic mass is 9.48. The minimum Gasteiger partial charge on any atom is -0.416 e. The smallest absolute Gasteiger partial charge is 0.416 e. The fourth-order valence-corrected chi connectivity index (χ4v) is 1.15. The van der Waals surface area contributed by atoms with Gasteiger partial charge in [-0.25, -0.2) is 0 Å². The first-order valence-electron chi connectivity index (χ1n) is 4.76. The fourth-order valence-electron chi connectivity index (χ4n) is 1.15. The Labute approximate surface area is 80.1 Å². The molecule has 1 heterocycles. The molecule has 6 heteroatoms. The van der Waals surface area contributed by atoms with Crippen LogP contribution in [0.3, 0.4) is 0 Å². The van der Waals surface area contributed by atoms with Crippen molar-refractivity contribution in [3.05, 3.63) is 0 Å². The fraction of sp³-hybridized carbons (Fsp3) is 1.00. The molecule has 0 unspecified atom stereocenters. The highest BCUT2D eigenvalue weighted by Gasteiger charge is 2.39. The zero-order valence-corrected chi connectivity index (χ0v) is 8.32. The largest absolute Gasteiger partial charge is 0.487 e. The highest BCUT2D eigenvalue weighted by atomic mass is 16.6. The topological polar surface area (TPSA) is 36.9 Å². The second-order valence-electron chi connectivity index (χ2n) is 2.94. The van der Waals surface area contributed by atoms with Crippen molar-refractivity contribution in [2.24, 2.45) is 0 Å². The summed E-state index contributed by atoms with van der Waals surface area (Å²) in [7, 11) is 0.854. The Morgan fingerprint density at radius 1 is 1.38 bits per heavy atom. The van der Waals surface area contributed by atoms with Gasteiger partial charge >= 0.3 is 14.0 Å². The lowest BCUT2D eigenvalue weighted by Crippen LogP contribution is -2.48. The summed E-state index contributed by atoms with van der Waals surface area (Å²) in [5.41, 5.74) is 0. The van der Waals surface area contributed by atoms with Crippen LogP contribution in [0.4, 0.5) is 0 Å². The summed E-state index contributed by atoms with van der Waals surface area (Å²) in [5, 5.41) is 0. The maximum atomic E-state index is 5.41. The molecule has 0 bridgehead atoms. The van der Waals surface area contributed by atoms with Gasteiger partial charge in [-0.2, -0.15) is 0 Å². The van der Waals surface area contributed by atoms with Gasteiger partial charge in [0.05, 0.1) is 0 Å². The number of rotatable bonds is 5. The summed E-state index contributed by atoms with van der Waals surface area (Å²) in [6.45, 7) is 4.16. The molecule has 1 aliphatic heterocycles. The second-order valence-corrected chi connectivity index (χ2v) is 2.94. The first-order valence-corrected chi connectivity index (χ1v) is 4.76. The third-order valence-electron chi connectivity index (χ3n) is 1.79. The molecular formula is C7H16B2O4. The van der Waals surface area contributed by atoms with E-state index in [9.17, 15) is 0 Å². The molecule has 0 atom stereocenters. The molecule has 0 aliphatic carbocycles. The van der Waals surface area contributed by atoms with Gasteiger partial charge in [0.1, 0.15) is 0 Å². The first-order chi connectivity index (χ1) is 6.38. The van der Waals surface area contributed by atoms with Crippen LogP contribution in [-0.2, 0) is 18.6 Å². The van der Waals surface area contributed by atoms with Crippen LogP contribution in [0, 0.1) is 0 Å². The van der Waals surface area contributed by atoms with E-state index in [1.165, 1.54) is 0 Å². The summed E-state index contributed by atoms with van der Waals surface area (Å²) in [6.07, 6.45) is 1.91. The van der Waals surface area contributed by atoms with Gasteiger partial charge in [0.25, 0.3) is 0 Å². The monoisotopic (exact) mass is 186 g/mol. The molecule has 0 N–H and O–H groups in total. The molecule has 4 nitrogen and oxygen atoms in total. The molecule has 1 aliphatic rings. The Morgan fingerprint density at radius 3 is 2.62 bits per heavy atom. The summed E-state index contributed by atoms with van der Waals surface area (Å²) >= 11 is 0. The minimum absolute atomic E-state index is 0.356. The third kappa shape index (κ3) is 3.68. The molecule has 0 aromatic heterocycles. The first kappa shape index (κ1) is 11.0. The van der Waals surface area contributed by atoms with E-state index in [0.717, 1.165) is 26.1 Å². The van der Waals surface area contributed by atoms with Crippen LogP contribution in [0.2, 0.25) is 0 Å². The van der Waals surface area contributed by atoms with Crippen molar-refractivity contribution in [2.75, 3.05) is 26.9 Å². The molecule has 74 valence electrons. The number of hydrogen-bond donors (Lipinski definition) is 0. The van der Waals surface area contributed by atoms with Gasteiger partial charge in [0.15, 0.2) is 0 Å². The van der Waals surface area contributed by atoms with Crippen molar-refractivity contribution in [2.45, 2.75) is 19.8 Å². The Hall–Kier alpha value is -0.0301. The minimum atomic E-state index is -0.389. The Morgan fingerprint density at radius 2 is 2.08 bits per heavy atom. The third-order valence-corrected chi connectivity index (χ3v) is 1.79. The maximum absolute atomic E-state index is 5.41. The van der Waals surface area contributed by atoms with Crippen LogP contribution in [0.25, 0.3) is 0 Å². The van der Waals surface area contributed by atoms with Gasteiger partial charge in [0, 0.05) is 26.9 Å². The Bertz CT molecular complexity index is 130. The van der Waals surface area contributed by atoms with Gasteiger partial charge in [-0.3, -0.25) is 0 Å². The van der Waals surface area contributed by atoms with E-state index in [2.05, 4.69) is 6.92 Å². The van der Waals surface area contributed by atoms with E-state index < -0.39 is 0 Å². The normalized spacial score (nSPS) is 17.5. The number of hydrogen-bond acceptors (Lipinski definition) is 4. The summed E-state index contributed by atoms with van der Waals surface area (Å²) in [4.78, 5) is 0. The second kappa shape index (κ2) is 6.43. The molecule has 1 saturated heterocycles. The maximum Gasteiger partial charge on any atom is 0.487 e. The molecule has 1 rings (SSSR count). The van der Waals surface area contributed by atoms with Gasteiger partial charge in [-0.05, 0) is 12.8 Å². The van der Waals surface area contributed by atoms with Crippen molar-refractivity contribution >= 4 is 14.0 Å². The highest BCUT2D eigenvalue weighted by Crippen LogP contribution is 2.06. The van der Waals surface area contributed by atoms with Crippen LogP contribution < -0.4 is 0 Å². The standard InChI is InChI=1S/C7H16B2O4/c1-3-5-11-8(10-2)9-12-6-4-7-13-9/h3-7H2,1-2H3. The van der Waals surface area contributed by atoms with Crippen molar-refractivity contribution < 1.29 is 18.6 Å². The van der Waals surface area contributed by atoms with E-state index in [0.29, 0.717) is 6.61 Å². The molecule has 0 aromatic carbocycles. The van der Waals surface area contributed by atoms with Crippen molar-refractivity contribution in [1.82, 2.24) is 0 Å². The summed E-state index contributed by atoms with van der Waals surface area (Å²) in [5.74, 6) is 0. The van der Waals surface area contributed by atoms with Crippen LogP contribution in [0.1, 0.15) is 19.8 Å². The molecule has 0 radical (unpaired) electrons. The van der Waals surface area contributed by atoms with Crippen molar-refractivity contribution in [3.63, 3.8) is 0 Å². The average molecular weight is 186 g/mol. The van der Waals surface area contributed by atoms with Gasteiger partial charge < -0.3 is 18.6 Å². The molecule has 0 spiro atoms. The molecule has 0 amide bonds. The molecule has 0 aromatic rings. The summed E-state index contributed by atoms with van der Waals surface area (Å²) < 4.78 is 21.2. The lowest BCUT2D eigenvalue weighted by molar-refractivity contribution is 0.130. The predicted octanol–water partition coefficient (Wildman–Crippen LogP) is 0.551. The van der Waals surface area contributed by atoms with Crippen LogP contribution in [-0.4, -0.2) is 40.9 Å². The van der Waals surface area contributed by atoms with Crippen LogP contribution >= 0.6 is 0 Å². The quantitative estimate of drug-likeness (QED) is 0.587. The SMILES string of the molecule is CCCOB(OC)B1OCCCO1. The van der Waals surface area contributed by atoms with E-state index in [1.807, 2.05) is 0 Å². The van der Waals surface area contributed by atoms with Gasteiger partial charge in [-0.15, -0.1) is 0 Å². The van der Waals surface area contributed by atoms with Crippen molar-refractivity contribution in [3.8, 4) is 0 Å². The van der Waals surface area contributed by atoms with E-state index in [-0.39, 0.29) is 14.0 Å². The van der Waals surface area contributed by atoms with Crippen LogP contribution in [0.15, 0.2) is 0 Å². The highest BCUT2D eigenvalue weighted by molar-refractivity contribution is 7.10. The predicted molar refractivity (Wildman–Crippen MR) is 51.3 cm³/mol. The molecule has 1 fully saturated rings. The Kier molecular flexibility index (Phi) is 5.46. The lowest BCUT2D eigenvalue weighted by Gasteiger charge is -2.23. The van der Waals surface area contributed by atoms with Crippen LogP contribution in [0.5, 0.6) is 0 Å². The average Bonchev–Trinajstić information content (AvgIpc) is 2.21. The zero-order valence-electron chi connectivity index (χ0n) is 8.32. The summed E-state index contributed by atoms with van der Waals surface area (Å²) in [6, 6.07) is 0. The van der Waals surface area contributed by atoms with E-state index >= 15 is 0 Å².